The zero-order chi connectivity index (χ0) is 20.3. The smallest absolute Gasteiger partial charge is 0.325 e. The molecular weight excluding hydrogens is 382 g/mol. The first-order valence-electron chi connectivity index (χ1n) is 9.63. The first-order chi connectivity index (χ1) is 13.3. The van der Waals surface area contributed by atoms with Gasteiger partial charge in [0.2, 0.25) is 5.91 Å². The molecule has 3 rings (SSSR count). The molecule has 1 saturated carbocycles. The van der Waals surface area contributed by atoms with Gasteiger partial charge in [-0.1, -0.05) is 24.4 Å². The standard InChI is InChI=1S/C20H26ClN3O4/c1-14(24-18(26)20(22-19(24)27)10-3-4-11-20)17(25)23(2)12-5-13-28-16-8-6-15(21)7-9-16/h6-9,14H,3-5,10-13H2,1-2H3,(H,22,27)/t14-/m1/s1. The molecule has 1 N–H and O–H groups in total. The van der Waals surface area contributed by atoms with Gasteiger partial charge >= 0.3 is 6.03 Å². The van der Waals surface area contributed by atoms with E-state index in [4.69, 9.17) is 16.3 Å². The van der Waals surface area contributed by atoms with Gasteiger partial charge in [0.1, 0.15) is 17.3 Å². The van der Waals surface area contributed by atoms with Gasteiger partial charge in [-0.25, -0.2) is 9.69 Å². The Morgan fingerprint density at radius 3 is 2.57 bits per heavy atom. The average Bonchev–Trinajstić information content (AvgIpc) is 3.24. The number of benzene rings is 1. The van der Waals surface area contributed by atoms with Gasteiger partial charge in [0, 0.05) is 18.6 Å². The van der Waals surface area contributed by atoms with Crippen LogP contribution in [-0.2, 0) is 9.59 Å². The number of carbonyl (C=O) groups is 3. The lowest BCUT2D eigenvalue weighted by molar-refractivity contribution is -0.142. The summed E-state index contributed by atoms with van der Waals surface area (Å²) in [6, 6.07) is 5.79. The first-order valence-corrected chi connectivity index (χ1v) is 10.0. The highest BCUT2D eigenvalue weighted by Gasteiger charge is 2.54. The van der Waals surface area contributed by atoms with E-state index in [0.717, 1.165) is 17.7 Å². The number of nitrogens with one attached hydrogen (secondary N) is 1. The van der Waals surface area contributed by atoms with Gasteiger partial charge in [-0.3, -0.25) is 9.59 Å². The third-order valence-corrected chi connectivity index (χ3v) is 5.74. The Kier molecular flexibility index (Phi) is 6.13. The van der Waals surface area contributed by atoms with E-state index in [-0.39, 0.29) is 11.8 Å². The predicted octanol–water partition coefficient (Wildman–Crippen LogP) is 2.82. The van der Waals surface area contributed by atoms with Crippen LogP contribution in [-0.4, -0.2) is 59.4 Å². The molecule has 1 saturated heterocycles. The van der Waals surface area contributed by atoms with Crippen molar-refractivity contribution in [2.24, 2.45) is 0 Å². The summed E-state index contributed by atoms with van der Waals surface area (Å²) in [5.41, 5.74) is -0.795. The van der Waals surface area contributed by atoms with Crippen LogP contribution in [0.1, 0.15) is 39.0 Å². The maximum absolute atomic E-state index is 12.8. The third-order valence-electron chi connectivity index (χ3n) is 5.49. The number of amides is 4. The maximum Gasteiger partial charge on any atom is 0.325 e. The third kappa shape index (κ3) is 4.09. The summed E-state index contributed by atoms with van der Waals surface area (Å²) in [7, 11) is 1.67. The molecule has 0 aromatic heterocycles. The minimum atomic E-state index is -0.824. The molecule has 0 radical (unpaired) electrons. The summed E-state index contributed by atoms with van der Waals surface area (Å²) in [6.07, 6.45) is 3.74. The minimum absolute atomic E-state index is 0.259. The van der Waals surface area contributed by atoms with Gasteiger partial charge < -0.3 is 15.0 Å². The molecular formula is C20H26ClN3O4. The second-order valence-corrected chi connectivity index (χ2v) is 7.92. The molecule has 7 nitrogen and oxygen atoms in total. The Hall–Kier alpha value is -2.28. The van der Waals surface area contributed by atoms with Crippen LogP contribution in [0.5, 0.6) is 5.75 Å². The van der Waals surface area contributed by atoms with Crippen molar-refractivity contribution in [3.63, 3.8) is 0 Å². The van der Waals surface area contributed by atoms with E-state index in [1.54, 1.807) is 38.2 Å². The van der Waals surface area contributed by atoms with Crippen LogP contribution in [0.2, 0.25) is 5.02 Å². The molecule has 1 atom stereocenters. The Morgan fingerprint density at radius 1 is 1.29 bits per heavy atom. The molecule has 1 aromatic rings. The number of hydrogen-bond acceptors (Lipinski definition) is 4. The average molecular weight is 408 g/mol. The normalized spacial score (nSPS) is 19.0. The molecule has 152 valence electrons. The highest BCUT2D eigenvalue weighted by Crippen LogP contribution is 2.35. The van der Waals surface area contributed by atoms with Gasteiger partial charge in [-0.2, -0.15) is 0 Å². The van der Waals surface area contributed by atoms with Crippen molar-refractivity contribution in [3.8, 4) is 5.75 Å². The second kappa shape index (κ2) is 8.39. The fourth-order valence-electron chi connectivity index (χ4n) is 3.87. The molecule has 1 aromatic carbocycles. The summed E-state index contributed by atoms with van der Waals surface area (Å²) < 4.78 is 5.62. The number of imide groups is 1. The number of halogens is 1. The summed E-state index contributed by atoms with van der Waals surface area (Å²) in [5.74, 6) is 0.188. The van der Waals surface area contributed by atoms with E-state index < -0.39 is 17.6 Å². The first kappa shape index (κ1) is 20.5. The lowest BCUT2D eigenvalue weighted by Crippen LogP contribution is -2.50. The molecule has 1 spiro atoms. The van der Waals surface area contributed by atoms with Crippen molar-refractivity contribution in [2.75, 3.05) is 20.2 Å². The Labute approximate surface area is 169 Å². The van der Waals surface area contributed by atoms with E-state index in [1.807, 2.05) is 0 Å². The van der Waals surface area contributed by atoms with Crippen LogP contribution in [0.25, 0.3) is 0 Å². The Bertz CT molecular complexity index is 746. The molecule has 2 fully saturated rings. The molecule has 4 amide bonds. The fourth-order valence-corrected chi connectivity index (χ4v) is 4.00. The predicted molar refractivity (Wildman–Crippen MR) is 105 cm³/mol. The van der Waals surface area contributed by atoms with Crippen LogP contribution in [0, 0.1) is 0 Å². The van der Waals surface area contributed by atoms with Crippen LogP contribution in [0.4, 0.5) is 4.79 Å². The monoisotopic (exact) mass is 407 g/mol. The Balaban J connectivity index is 1.49. The SMILES string of the molecule is C[C@H](C(=O)N(C)CCCOc1ccc(Cl)cc1)N1C(=O)NC2(CCCC2)C1=O. The van der Waals surface area contributed by atoms with Crippen LogP contribution in [0.15, 0.2) is 24.3 Å². The number of ether oxygens (including phenoxy) is 1. The fraction of sp³-hybridized carbons (Fsp3) is 0.550. The van der Waals surface area contributed by atoms with Crippen LogP contribution in [0.3, 0.4) is 0 Å². The van der Waals surface area contributed by atoms with Crippen molar-refractivity contribution in [2.45, 2.75) is 50.6 Å². The lowest BCUT2D eigenvalue weighted by Gasteiger charge is -2.27. The highest BCUT2D eigenvalue weighted by molar-refractivity contribution is 6.30. The van der Waals surface area contributed by atoms with Gasteiger partial charge in [0.15, 0.2) is 0 Å². The minimum Gasteiger partial charge on any atom is -0.494 e. The van der Waals surface area contributed by atoms with Crippen molar-refractivity contribution in [1.82, 2.24) is 15.1 Å². The molecule has 1 heterocycles. The molecule has 28 heavy (non-hydrogen) atoms. The van der Waals surface area contributed by atoms with E-state index in [1.165, 1.54) is 4.90 Å². The summed E-state index contributed by atoms with van der Waals surface area (Å²) in [6.45, 7) is 2.51. The highest BCUT2D eigenvalue weighted by atomic mass is 35.5. The van der Waals surface area contributed by atoms with Crippen molar-refractivity contribution in [3.05, 3.63) is 29.3 Å². The molecule has 8 heteroatoms. The van der Waals surface area contributed by atoms with E-state index in [2.05, 4.69) is 5.32 Å². The quantitative estimate of drug-likeness (QED) is 0.556. The van der Waals surface area contributed by atoms with E-state index in [0.29, 0.717) is 43.2 Å². The summed E-state index contributed by atoms with van der Waals surface area (Å²) >= 11 is 5.84. The van der Waals surface area contributed by atoms with Crippen LogP contribution < -0.4 is 10.1 Å². The molecule has 2 aliphatic rings. The van der Waals surface area contributed by atoms with E-state index >= 15 is 0 Å². The molecule has 0 unspecified atom stereocenters. The van der Waals surface area contributed by atoms with Gasteiger partial charge in [-0.05, 0) is 50.5 Å². The number of carbonyl (C=O) groups excluding carboxylic acids is 3. The zero-order valence-corrected chi connectivity index (χ0v) is 17.0. The molecule has 1 aliphatic carbocycles. The topological polar surface area (TPSA) is 79.0 Å². The van der Waals surface area contributed by atoms with E-state index in [9.17, 15) is 14.4 Å². The molecule has 1 aliphatic heterocycles. The largest absolute Gasteiger partial charge is 0.494 e. The lowest BCUT2D eigenvalue weighted by atomic mass is 9.97. The summed E-state index contributed by atoms with van der Waals surface area (Å²) in [5, 5.41) is 3.46. The van der Waals surface area contributed by atoms with Crippen molar-refractivity contribution in [1.29, 1.82) is 0 Å². The molecule has 0 bridgehead atoms. The number of nitrogens with zero attached hydrogens (tertiary/aromatic N) is 2. The van der Waals surface area contributed by atoms with Crippen molar-refractivity contribution >= 4 is 29.4 Å². The summed E-state index contributed by atoms with van der Waals surface area (Å²) in [4.78, 5) is 40.5. The van der Waals surface area contributed by atoms with Crippen molar-refractivity contribution < 1.29 is 19.1 Å². The number of rotatable bonds is 7. The zero-order valence-electron chi connectivity index (χ0n) is 16.2. The van der Waals surface area contributed by atoms with Gasteiger partial charge in [-0.15, -0.1) is 0 Å². The van der Waals surface area contributed by atoms with Gasteiger partial charge in [0.25, 0.3) is 5.91 Å². The van der Waals surface area contributed by atoms with Crippen LogP contribution >= 0.6 is 11.6 Å². The number of likely N-dealkylation sites (N-methyl/N-ethyl adjacent to an activating group) is 1. The Morgan fingerprint density at radius 2 is 1.93 bits per heavy atom. The second-order valence-electron chi connectivity index (χ2n) is 7.49. The van der Waals surface area contributed by atoms with Gasteiger partial charge in [0.05, 0.1) is 6.61 Å². The number of hydrogen-bond donors (Lipinski definition) is 1. The maximum atomic E-state index is 12.8. The number of urea groups is 1.